The molecule has 0 saturated heterocycles. The highest BCUT2D eigenvalue weighted by molar-refractivity contribution is 6.33. The van der Waals surface area contributed by atoms with Gasteiger partial charge in [-0.15, -0.1) is 0 Å². The Kier molecular flexibility index (Phi) is 8.94. The molecule has 1 aliphatic heterocycles. The Hall–Kier alpha value is -6.69. The van der Waals surface area contributed by atoms with Crippen molar-refractivity contribution in [3.8, 4) is 34.1 Å². The van der Waals surface area contributed by atoms with Crippen molar-refractivity contribution in [1.82, 2.24) is 9.97 Å². The van der Waals surface area contributed by atoms with E-state index >= 15 is 0 Å². The molecule has 8 rings (SSSR count). The Morgan fingerprint density at radius 2 is 1.50 bits per heavy atom. The number of phenolic OH excluding ortho intramolecular Hbond substituents is 1. The molecule has 0 spiro atoms. The Balaban J connectivity index is 1.34. The van der Waals surface area contributed by atoms with Crippen LogP contribution in [0.15, 0.2) is 112 Å². The molecule has 1 aliphatic carbocycles. The van der Waals surface area contributed by atoms with Gasteiger partial charge in [0.1, 0.15) is 17.1 Å². The molecule has 2 aliphatic rings. The maximum Gasteiger partial charge on any atom is 0.336 e. The number of aromatic carboxylic acids is 1. The van der Waals surface area contributed by atoms with E-state index in [0.29, 0.717) is 56.1 Å². The lowest BCUT2D eigenvalue weighted by molar-refractivity contribution is 0.0697. The number of aromatic nitrogens is 2. The highest BCUT2D eigenvalue weighted by atomic mass is 35.5. The number of nitrogens with one attached hydrogen (secondary N) is 2. The van der Waals surface area contributed by atoms with E-state index in [1.54, 1.807) is 36.4 Å². The average molecular weight is 739 g/mol. The highest BCUT2D eigenvalue weighted by Gasteiger charge is 2.27. The van der Waals surface area contributed by atoms with Gasteiger partial charge in [-0.2, -0.15) is 0 Å². The number of pyridine rings is 2. The molecule has 0 fully saturated rings. The van der Waals surface area contributed by atoms with Crippen LogP contribution in [0.25, 0.3) is 55.2 Å². The normalized spacial score (nSPS) is 11.4. The van der Waals surface area contributed by atoms with Crippen LogP contribution in [-0.4, -0.2) is 38.4 Å². The number of benzene rings is 5. The zero-order valence-corrected chi connectivity index (χ0v) is 29.4. The van der Waals surface area contributed by atoms with Crippen molar-refractivity contribution in [2.24, 2.45) is 0 Å². The average Bonchev–Trinajstić information content (AvgIpc) is 3.19. The molecule has 0 amide bonds. The Morgan fingerprint density at radius 1 is 0.815 bits per heavy atom. The third-order valence-electron chi connectivity index (χ3n) is 9.44. The van der Waals surface area contributed by atoms with Gasteiger partial charge in [0.05, 0.1) is 63.5 Å². The van der Waals surface area contributed by atoms with Crippen molar-refractivity contribution in [3.63, 3.8) is 0 Å². The van der Waals surface area contributed by atoms with Gasteiger partial charge in [-0.05, 0) is 54.1 Å². The number of phenols is 1. The van der Waals surface area contributed by atoms with Crippen molar-refractivity contribution in [2.75, 3.05) is 17.7 Å². The van der Waals surface area contributed by atoms with Gasteiger partial charge in [0, 0.05) is 46.4 Å². The molecule has 3 heterocycles. The van der Waals surface area contributed by atoms with Crippen LogP contribution < -0.4 is 20.8 Å². The van der Waals surface area contributed by atoms with E-state index < -0.39 is 5.97 Å². The van der Waals surface area contributed by atoms with E-state index in [4.69, 9.17) is 20.8 Å². The standard InChI is InChI=1S/C42H31ClN4O7/c1-53-35-17-13-23-7-5-11-33(38(23)47-35)44-19-29-34(49)16-15-27-36(25-8-2-3-9-26(25)42(51)52)28-18-31(43)39(50)30(41(28)54-40(27)29)20-45-32-10-4-6-22-12-14-24(21-48)46-37(22)32/h2-18,44-45,48,50H,19-21H2,1H3,(H,51,52). The lowest BCUT2D eigenvalue weighted by Gasteiger charge is -2.21. The molecule has 0 radical (unpaired) electrons. The van der Waals surface area contributed by atoms with Crippen LogP contribution in [0.4, 0.5) is 11.4 Å². The lowest BCUT2D eigenvalue weighted by Crippen LogP contribution is -2.15. The zero-order valence-electron chi connectivity index (χ0n) is 28.7. The minimum absolute atomic E-state index is 0.00375. The third-order valence-corrected chi connectivity index (χ3v) is 9.73. The van der Waals surface area contributed by atoms with E-state index in [1.807, 2.05) is 48.5 Å². The summed E-state index contributed by atoms with van der Waals surface area (Å²) in [5.74, 6) is -0.769. The molecule has 4 aromatic carbocycles. The topological polar surface area (TPSA) is 167 Å². The number of aliphatic hydroxyl groups is 1. The minimum Gasteiger partial charge on any atom is -0.506 e. The number of hydrogen-bond acceptors (Lipinski definition) is 10. The summed E-state index contributed by atoms with van der Waals surface area (Å²) in [6, 6.07) is 29.6. The lowest BCUT2D eigenvalue weighted by atomic mass is 9.88. The van der Waals surface area contributed by atoms with E-state index in [2.05, 4.69) is 20.6 Å². The van der Waals surface area contributed by atoms with Crippen LogP contribution in [0.2, 0.25) is 5.02 Å². The molecule has 5 N–H and O–H groups in total. The highest BCUT2D eigenvalue weighted by Crippen LogP contribution is 2.47. The number of rotatable bonds is 10. The number of methoxy groups -OCH3 is 1. The molecule has 2 aromatic heterocycles. The molecule has 0 saturated carbocycles. The number of anilines is 2. The van der Waals surface area contributed by atoms with E-state index in [0.717, 1.165) is 10.8 Å². The molecular weight excluding hydrogens is 708 g/mol. The first-order chi connectivity index (χ1) is 26.2. The second kappa shape index (κ2) is 14.0. The number of ether oxygens (including phenoxy) is 1. The Morgan fingerprint density at radius 3 is 2.20 bits per heavy atom. The quantitative estimate of drug-likeness (QED) is 0.0854. The fraction of sp³-hybridized carbons (Fsp3) is 0.0952. The van der Waals surface area contributed by atoms with E-state index in [9.17, 15) is 24.9 Å². The Bertz CT molecular complexity index is 2800. The van der Waals surface area contributed by atoms with Crippen LogP contribution >= 0.6 is 11.6 Å². The maximum absolute atomic E-state index is 13.7. The summed E-state index contributed by atoms with van der Waals surface area (Å²) in [6.45, 7) is -0.220. The van der Waals surface area contributed by atoms with Crippen molar-refractivity contribution in [2.45, 2.75) is 19.7 Å². The van der Waals surface area contributed by atoms with Crippen molar-refractivity contribution < 1.29 is 29.3 Å². The number of para-hydroxylation sites is 2. The molecule has 0 atom stereocenters. The second-order valence-corrected chi connectivity index (χ2v) is 13.0. The molecule has 0 unspecified atom stereocenters. The SMILES string of the molecule is COc1ccc2cccc(NCc3c4oc5c(CNc6cccc7ccc(CO)nc67)c(O)c(Cl)cc5c(-c5ccccc5C(=O)O)c-4ccc3=O)c2n1. The predicted octanol–water partition coefficient (Wildman–Crippen LogP) is 8.44. The maximum atomic E-state index is 13.7. The fourth-order valence-corrected chi connectivity index (χ4v) is 7.05. The van der Waals surface area contributed by atoms with Crippen molar-refractivity contribution in [1.29, 1.82) is 0 Å². The number of fused-ring (bicyclic) bond motifs is 4. The van der Waals surface area contributed by atoms with Gasteiger partial charge >= 0.3 is 5.97 Å². The largest absolute Gasteiger partial charge is 0.506 e. The minimum atomic E-state index is -1.15. The summed E-state index contributed by atoms with van der Waals surface area (Å²) >= 11 is 6.71. The summed E-state index contributed by atoms with van der Waals surface area (Å²) in [5.41, 5.74) is 4.77. The molecule has 0 bridgehead atoms. The zero-order chi connectivity index (χ0) is 37.5. The van der Waals surface area contributed by atoms with Gasteiger partial charge in [0.25, 0.3) is 0 Å². The summed E-state index contributed by atoms with van der Waals surface area (Å²) in [4.78, 5) is 35.5. The number of hydrogen-bond donors (Lipinski definition) is 5. The number of nitrogens with zero attached hydrogens (tertiary/aromatic N) is 2. The monoisotopic (exact) mass is 738 g/mol. The van der Waals surface area contributed by atoms with E-state index in [-0.39, 0.29) is 63.9 Å². The van der Waals surface area contributed by atoms with E-state index in [1.165, 1.54) is 25.3 Å². The predicted molar refractivity (Wildman–Crippen MR) is 209 cm³/mol. The van der Waals surface area contributed by atoms with Gasteiger partial charge in [-0.1, -0.05) is 60.1 Å². The van der Waals surface area contributed by atoms with Gasteiger partial charge in [-0.3, -0.25) is 4.79 Å². The number of aliphatic hydroxyl groups excluding tert-OH is 1. The van der Waals surface area contributed by atoms with Crippen LogP contribution in [0.3, 0.4) is 0 Å². The summed E-state index contributed by atoms with van der Waals surface area (Å²) < 4.78 is 12.0. The molecule has 11 nitrogen and oxygen atoms in total. The summed E-state index contributed by atoms with van der Waals surface area (Å²) in [7, 11) is 1.54. The fourth-order valence-electron chi connectivity index (χ4n) is 6.83. The molecular formula is C42H31ClN4O7. The smallest absolute Gasteiger partial charge is 0.336 e. The van der Waals surface area contributed by atoms with Crippen LogP contribution in [0.1, 0.15) is 27.2 Å². The second-order valence-electron chi connectivity index (χ2n) is 12.6. The first-order valence-corrected chi connectivity index (χ1v) is 17.3. The van der Waals surface area contributed by atoms with Crippen molar-refractivity contribution >= 4 is 61.7 Å². The first-order valence-electron chi connectivity index (χ1n) is 16.9. The molecule has 6 aromatic rings. The third kappa shape index (κ3) is 6.05. The molecule has 268 valence electrons. The number of carboxylic acids is 1. The van der Waals surface area contributed by atoms with Gasteiger partial charge in [0.15, 0.2) is 5.43 Å². The van der Waals surface area contributed by atoms with Crippen LogP contribution in [-0.2, 0) is 19.7 Å². The number of aromatic hydroxyl groups is 1. The van der Waals surface area contributed by atoms with Crippen LogP contribution in [0.5, 0.6) is 11.6 Å². The van der Waals surface area contributed by atoms with Crippen molar-refractivity contribution in [3.05, 3.63) is 141 Å². The summed E-state index contributed by atoms with van der Waals surface area (Å²) in [5, 5.41) is 40.4. The number of carbonyl (C=O) groups is 1. The molecule has 12 heteroatoms. The number of carboxylic acid groups (broad SMARTS) is 1. The number of halogens is 1. The van der Waals surface area contributed by atoms with Crippen LogP contribution in [0, 0.1) is 0 Å². The first kappa shape index (κ1) is 34.4. The summed E-state index contributed by atoms with van der Waals surface area (Å²) in [6.07, 6.45) is 0. The van der Waals surface area contributed by atoms with Gasteiger partial charge in [-0.25, -0.2) is 14.8 Å². The van der Waals surface area contributed by atoms with Gasteiger partial charge in [0.2, 0.25) is 5.88 Å². The molecule has 54 heavy (non-hydrogen) atoms. The van der Waals surface area contributed by atoms with Gasteiger partial charge < -0.3 is 35.1 Å². The Labute approximate surface area is 312 Å².